The van der Waals surface area contributed by atoms with Crippen molar-refractivity contribution in [2.24, 2.45) is 5.14 Å². The zero-order valence-corrected chi connectivity index (χ0v) is 12.1. The van der Waals surface area contributed by atoms with E-state index in [1.165, 1.54) is 6.07 Å². The number of benzene rings is 1. The van der Waals surface area contributed by atoms with Crippen molar-refractivity contribution in [2.75, 3.05) is 12.3 Å². The lowest BCUT2D eigenvalue weighted by atomic mass is 9.63. The summed E-state index contributed by atoms with van der Waals surface area (Å²) in [5, 5.41) is 7.31. The molecule has 1 saturated carbocycles. The first-order valence-corrected chi connectivity index (χ1v) is 8.20. The van der Waals surface area contributed by atoms with Gasteiger partial charge < -0.3 is 5.32 Å². The summed E-state index contributed by atoms with van der Waals surface area (Å²) in [6.45, 7) is -0.137. The number of primary sulfonamides is 1. The standard InChI is InChI=1S/C13H16F2N2O3S/c14-9-2-3-10(11(15)8-9)13(4-1-5-13)12(18)17-6-7-21(16,19)20/h2-3,8H,1,4-7H2,(H,17,18)(H2,16,19,20). The van der Waals surface area contributed by atoms with Gasteiger partial charge >= 0.3 is 0 Å². The van der Waals surface area contributed by atoms with Crippen LogP contribution in [-0.2, 0) is 20.2 Å². The molecule has 5 nitrogen and oxygen atoms in total. The van der Waals surface area contributed by atoms with Gasteiger partial charge in [-0.2, -0.15) is 0 Å². The van der Waals surface area contributed by atoms with Crippen LogP contribution in [0.4, 0.5) is 8.78 Å². The van der Waals surface area contributed by atoms with Crippen LogP contribution in [0.15, 0.2) is 18.2 Å². The predicted octanol–water partition coefficient (Wildman–Crippen LogP) is 0.791. The molecule has 1 aliphatic rings. The van der Waals surface area contributed by atoms with Gasteiger partial charge in [-0.1, -0.05) is 12.5 Å². The molecule has 0 aliphatic heterocycles. The Morgan fingerprint density at radius 1 is 1.33 bits per heavy atom. The molecule has 0 radical (unpaired) electrons. The molecule has 0 spiro atoms. The molecular formula is C13H16F2N2O3S. The van der Waals surface area contributed by atoms with Gasteiger partial charge in [0.2, 0.25) is 15.9 Å². The van der Waals surface area contributed by atoms with Gasteiger partial charge in [-0.3, -0.25) is 4.79 Å². The topological polar surface area (TPSA) is 89.3 Å². The van der Waals surface area contributed by atoms with Gasteiger partial charge in [-0.25, -0.2) is 22.3 Å². The van der Waals surface area contributed by atoms with Crippen LogP contribution in [0.1, 0.15) is 24.8 Å². The Labute approximate surface area is 121 Å². The predicted molar refractivity (Wildman–Crippen MR) is 72.9 cm³/mol. The van der Waals surface area contributed by atoms with Crippen molar-refractivity contribution in [3.05, 3.63) is 35.4 Å². The molecule has 8 heteroatoms. The number of nitrogens with one attached hydrogen (secondary N) is 1. The summed E-state index contributed by atoms with van der Waals surface area (Å²) in [7, 11) is -3.67. The van der Waals surface area contributed by atoms with Crippen molar-refractivity contribution in [2.45, 2.75) is 24.7 Å². The van der Waals surface area contributed by atoms with Crippen LogP contribution >= 0.6 is 0 Å². The van der Waals surface area contributed by atoms with E-state index >= 15 is 0 Å². The summed E-state index contributed by atoms with van der Waals surface area (Å²) < 4.78 is 48.5. The zero-order valence-electron chi connectivity index (χ0n) is 11.2. The van der Waals surface area contributed by atoms with Crippen LogP contribution < -0.4 is 10.5 Å². The fourth-order valence-electron chi connectivity index (χ4n) is 2.50. The second kappa shape index (κ2) is 5.69. The van der Waals surface area contributed by atoms with Crippen molar-refractivity contribution >= 4 is 15.9 Å². The third kappa shape index (κ3) is 3.38. The highest BCUT2D eigenvalue weighted by molar-refractivity contribution is 7.89. The summed E-state index contributed by atoms with van der Waals surface area (Å²) in [5.74, 6) is -2.32. The van der Waals surface area contributed by atoms with E-state index in [-0.39, 0.29) is 17.9 Å². The Balaban J connectivity index is 2.15. The number of nitrogens with two attached hydrogens (primary N) is 1. The molecule has 2 rings (SSSR count). The summed E-state index contributed by atoms with van der Waals surface area (Å²) in [6.07, 6.45) is 1.63. The van der Waals surface area contributed by atoms with E-state index in [0.717, 1.165) is 18.6 Å². The number of carbonyl (C=O) groups excluding carboxylic acids is 1. The van der Waals surface area contributed by atoms with Gasteiger partial charge in [-0.15, -0.1) is 0 Å². The average molecular weight is 318 g/mol. The molecule has 0 aromatic heterocycles. The molecule has 1 fully saturated rings. The molecule has 0 bridgehead atoms. The minimum Gasteiger partial charge on any atom is -0.354 e. The number of hydrogen-bond acceptors (Lipinski definition) is 3. The maximum atomic E-state index is 13.9. The molecular weight excluding hydrogens is 302 g/mol. The highest BCUT2D eigenvalue weighted by Crippen LogP contribution is 2.45. The highest BCUT2D eigenvalue weighted by Gasteiger charge is 2.47. The Morgan fingerprint density at radius 2 is 2.00 bits per heavy atom. The summed E-state index contributed by atoms with van der Waals surface area (Å²) in [6, 6.07) is 3.12. The Bertz CT molecular complexity index is 657. The molecule has 0 atom stereocenters. The minimum absolute atomic E-state index is 0.137. The third-order valence-electron chi connectivity index (χ3n) is 3.76. The first-order chi connectivity index (χ1) is 9.74. The van der Waals surface area contributed by atoms with Gasteiger partial charge in [0.25, 0.3) is 0 Å². The van der Waals surface area contributed by atoms with Crippen LogP contribution in [0, 0.1) is 11.6 Å². The van der Waals surface area contributed by atoms with Gasteiger partial charge in [0.05, 0.1) is 11.2 Å². The van der Waals surface area contributed by atoms with Crippen molar-refractivity contribution in [1.29, 1.82) is 0 Å². The molecule has 1 aliphatic carbocycles. The smallest absolute Gasteiger partial charge is 0.230 e. The fourth-order valence-corrected chi connectivity index (χ4v) is 2.89. The molecule has 3 N–H and O–H groups in total. The monoisotopic (exact) mass is 318 g/mol. The van der Waals surface area contributed by atoms with E-state index in [0.29, 0.717) is 12.8 Å². The normalized spacial score (nSPS) is 17.1. The number of amides is 1. The Morgan fingerprint density at radius 3 is 2.48 bits per heavy atom. The highest BCUT2D eigenvalue weighted by atomic mass is 32.2. The van der Waals surface area contributed by atoms with Crippen LogP contribution in [0.2, 0.25) is 0 Å². The molecule has 0 saturated heterocycles. The largest absolute Gasteiger partial charge is 0.354 e. The van der Waals surface area contributed by atoms with E-state index in [1.807, 2.05) is 0 Å². The minimum atomic E-state index is -3.67. The van der Waals surface area contributed by atoms with Gasteiger partial charge in [0, 0.05) is 18.2 Å². The van der Waals surface area contributed by atoms with Gasteiger partial charge in [-0.05, 0) is 18.9 Å². The summed E-state index contributed by atoms with van der Waals surface area (Å²) >= 11 is 0. The molecule has 0 heterocycles. The van der Waals surface area contributed by atoms with Gasteiger partial charge in [0.1, 0.15) is 11.6 Å². The quantitative estimate of drug-likeness (QED) is 0.841. The SMILES string of the molecule is NS(=O)(=O)CCNC(=O)C1(c2ccc(F)cc2F)CCC1. The van der Waals surface area contributed by atoms with Crippen LogP contribution in [0.25, 0.3) is 0 Å². The average Bonchev–Trinajstić information content (AvgIpc) is 2.28. The lowest BCUT2D eigenvalue weighted by Gasteiger charge is -2.40. The third-order valence-corrected chi connectivity index (χ3v) is 4.53. The lowest BCUT2D eigenvalue weighted by Crippen LogP contribution is -2.50. The Kier molecular flexibility index (Phi) is 4.29. The first kappa shape index (κ1) is 15.8. The number of carbonyl (C=O) groups is 1. The zero-order chi connectivity index (χ0) is 15.7. The molecule has 1 aromatic rings. The maximum Gasteiger partial charge on any atom is 0.230 e. The summed E-state index contributed by atoms with van der Waals surface area (Å²) in [4.78, 5) is 12.3. The van der Waals surface area contributed by atoms with Crippen LogP contribution in [0.5, 0.6) is 0 Å². The number of sulfonamides is 1. The molecule has 21 heavy (non-hydrogen) atoms. The second-order valence-electron chi connectivity index (χ2n) is 5.18. The van der Waals surface area contributed by atoms with Crippen LogP contribution in [-0.4, -0.2) is 26.6 Å². The van der Waals surface area contributed by atoms with E-state index in [9.17, 15) is 22.0 Å². The molecule has 116 valence electrons. The molecule has 1 amide bonds. The van der Waals surface area contributed by atoms with E-state index in [2.05, 4.69) is 5.32 Å². The van der Waals surface area contributed by atoms with Crippen LogP contribution in [0.3, 0.4) is 0 Å². The summed E-state index contributed by atoms with van der Waals surface area (Å²) in [5.41, 5.74) is -0.904. The number of rotatable bonds is 5. The molecule has 1 aromatic carbocycles. The van der Waals surface area contributed by atoms with E-state index in [1.54, 1.807) is 0 Å². The first-order valence-electron chi connectivity index (χ1n) is 6.49. The van der Waals surface area contributed by atoms with Crippen molar-refractivity contribution in [3.63, 3.8) is 0 Å². The molecule has 0 unspecified atom stereocenters. The van der Waals surface area contributed by atoms with Crippen molar-refractivity contribution in [3.8, 4) is 0 Å². The lowest BCUT2D eigenvalue weighted by molar-refractivity contribution is -0.129. The van der Waals surface area contributed by atoms with Crippen molar-refractivity contribution in [1.82, 2.24) is 5.32 Å². The number of halogens is 2. The van der Waals surface area contributed by atoms with Gasteiger partial charge in [0.15, 0.2) is 0 Å². The van der Waals surface area contributed by atoms with E-state index < -0.39 is 33.0 Å². The fraction of sp³-hybridized carbons (Fsp3) is 0.462. The maximum absolute atomic E-state index is 13.9. The Hall–Kier alpha value is -1.54. The second-order valence-corrected chi connectivity index (χ2v) is 6.92. The van der Waals surface area contributed by atoms with E-state index in [4.69, 9.17) is 5.14 Å². The van der Waals surface area contributed by atoms with Crippen molar-refractivity contribution < 1.29 is 22.0 Å². The number of hydrogen-bond donors (Lipinski definition) is 2.